The van der Waals surface area contributed by atoms with Crippen molar-refractivity contribution in [3.8, 4) is 11.4 Å². The smallest absolute Gasteiger partial charge is 0.277 e. The van der Waals surface area contributed by atoms with Gasteiger partial charge in [0.1, 0.15) is 11.4 Å². The van der Waals surface area contributed by atoms with Crippen molar-refractivity contribution in [3.05, 3.63) is 83.8 Å². The molecule has 2 amide bonds. The number of pyridine rings is 1. The van der Waals surface area contributed by atoms with Crippen LogP contribution in [0.3, 0.4) is 0 Å². The summed E-state index contributed by atoms with van der Waals surface area (Å²) < 4.78 is 32.1. The SMILES string of the molecule is COc1ccc(-n2nc(S(C)(=O)=O)c3c2C(=O)N(c2ccc(N(C)C)cc2)CC3)c(C(=O)Nc2ccncc2)c1. The van der Waals surface area contributed by atoms with Crippen LogP contribution >= 0.6 is 0 Å². The van der Waals surface area contributed by atoms with Crippen LogP contribution in [-0.2, 0) is 16.3 Å². The molecule has 206 valence electrons. The number of methoxy groups -OCH3 is 1. The Balaban J connectivity index is 1.65. The Kier molecular flexibility index (Phi) is 7.03. The van der Waals surface area contributed by atoms with Gasteiger partial charge in [-0.2, -0.15) is 5.10 Å². The molecule has 1 N–H and O–H groups in total. The van der Waals surface area contributed by atoms with Crippen molar-refractivity contribution >= 4 is 38.7 Å². The zero-order chi connectivity index (χ0) is 28.6. The molecule has 40 heavy (non-hydrogen) atoms. The van der Waals surface area contributed by atoms with Crippen LogP contribution in [0.2, 0.25) is 0 Å². The third-order valence-electron chi connectivity index (χ3n) is 6.62. The number of rotatable bonds is 7. The average molecular weight is 561 g/mol. The summed E-state index contributed by atoms with van der Waals surface area (Å²) in [7, 11) is 1.54. The van der Waals surface area contributed by atoms with Gasteiger partial charge in [0.05, 0.1) is 18.4 Å². The van der Waals surface area contributed by atoms with Crippen molar-refractivity contribution in [2.45, 2.75) is 11.4 Å². The number of sulfone groups is 1. The molecule has 0 atom stereocenters. The lowest BCUT2D eigenvalue weighted by molar-refractivity contribution is 0.0970. The maximum Gasteiger partial charge on any atom is 0.277 e. The second kappa shape index (κ2) is 10.5. The molecule has 12 heteroatoms. The van der Waals surface area contributed by atoms with E-state index in [-0.39, 0.29) is 34.9 Å². The molecule has 0 spiro atoms. The summed E-state index contributed by atoms with van der Waals surface area (Å²) in [6.45, 7) is 0.277. The van der Waals surface area contributed by atoms with E-state index in [0.717, 1.165) is 11.9 Å². The molecule has 0 bridgehead atoms. The summed E-state index contributed by atoms with van der Waals surface area (Å²) >= 11 is 0. The Morgan fingerprint density at radius 2 is 1.75 bits per heavy atom. The van der Waals surface area contributed by atoms with Gasteiger partial charge in [-0.1, -0.05) is 0 Å². The van der Waals surface area contributed by atoms with Crippen LogP contribution in [0.5, 0.6) is 5.75 Å². The zero-order valence-corrected chi connectivity index (χ0v) is 23.3. The van der Waals surface area contributed by atoms with Gasteiger partial charge in [0.2, 0.25) is 0 Å². The van der Waals surface area contributed by atoms with Crippen LogP contribution in [-0.4, -0.2) is 69.0 Å². The minimum Gasteiger partial charge on any atom is -0.497 e. The molecule has 2 aromatic heterocycles. The van der Waals surface area contributed by atoms with Crippen LogP contribution in [0.1, 0.15) is 26.4 Å². The van der Waals surface area contributed by atoms with Gasteiger partial charge >= 0.3 is 0 Å². The predicted octanol–water partition coefficient (Wildman–Crippen LogP) is 3.20. The van der Waals surface area contributed by atoms with E-state index in [9.17, 15) is 18.0 Å². The number of carbonyl (C=O) groups is 2. The molecule has 3 heterocycles. The number of nitrogens with zero attached hydrogens (tertiary/aromatic N) is 5. The van der Waals surface area contributed by atoms with Gasteiger partial charge in [0, 0.05) is 61.9 Å². The summed E-state index contributed by atoms with van der Waals surface area (Å²) in [4.78, 5) is 35.0. The number of anilines is 3. The summed E-state index contributed by atoms with van der Waals surface area (Å²) in [5, 5.41) is 7.02. The van der Waals surface area contributed by atoms with Crippen LogP contribution in [0.25, 0.3) is 5.69 Å². The van der Waals surface area contributed by atoms with Gasteiger partial charge in [-0.3, -0.25) is 14.6 Å². The fraction of sp³-hybridized carbons (Fsp3) is 0.214. The summed E-state index contributed by atoms with van der Waals surface area (Å²) in [5.74, 6) is -0.510. The third kappa shape index (κ3) is 5.00. The van der Waals surface area contributed by atoms with Crippen molar-refractivity contribution in [3.63, 3.8) is 0 Å². The molecular weight excluding hydrogens is 532 g/mol. The molecule has 0 fully saturated rings. The number of hydrogen-bond acceptors (Lipinski definition) is 8. The van der Waals surface area contributed by atoms with Gasteiger partial charge < -0.3 is 19.9 Å². The molecule has 0 aliphatic carbocycles. The maximum atomic E-state index is 14.0. The van der Waals surface area contributed by atoms with E-state index >= 15 is 0 Å². The maximum absolute atomic E-state index is 14.0. The molecule has 2 aromatic carbocycles. The first-order valence-electron chi connectivity index (χ1n) is 12.4. The second-order valence-electron chi connectivity index (χ2n) is 9.51. The van der Waals surface area contributed by atoms with Gasteiger partial charge in [-0.25, -0.2) is 13.1 Å². The highest BCUT2D eigenvalue weighted by Crippen LogP contribution is 2.33. The first-order valence-corrected chi connectivity index (χ1v) is 14.3. The molecule has 0 saturated heterocycles. The Morgan fingerprint density at radius 1 is 1.05 bits per heavy atom. The standard InChI is InChI=1S/C28H28N6O5S/c1-32(2)19-5-7-20(8-6-19)33-16-13-22-25(28(33)36)34(31-27(22)40(4,37)38)24-10-9-21(39-3)17-23(24)26(35)30-18-11-14-29-15-12-18/h5-12,14-15,17H,13,16H2,1-4H3,(H,29,30,35). The Labute approximate surface area is 231 Å². The van der Waals surface area contributed by atoms with Gasteiger partial charge in [0.15, 0.2) is 14.9 Å². The fourth-order valence-corrected chi connectivity index (χ4v) is 5.50. The fourth-order valence-electron chi connectivity index (χ4n) is 4.62. The molecule has 0 unspecified atom stereocenters. The highest BCUT2D eigenvalue weighted by molar-refractivity contribution is 7.90. The van der Waals surface area contributed by atoms with Crippen LogP contribution in [0, 0.1) is 0 Å². The number of nitrogens with one attached hydrogen (secondary N) is 1. The minimum atomic E-state index is -3.79. The van der Waals surface area contributed by atoms with Crippen LogP contribution < -0.4 is 19.9 Å². The first-order chi connectivity index (χ1) is 19.1. The zero-order valence-electron chi connectivity index (χ0n) is 22.5. The van der Waals surface area contributed by atoms with E-state index in [2.05, 4.69) is 15.4 Å². The number of ether oxygens (including phenoxy) is 1. The Hall–Kier alpha value is -4.71. The number of fused-ring (bicyclic) bond motifs is 1. The second-order valence-corrected chi connectivity index (χ2v) is 11.4. The molecular formula is C28H28N6O5S. The predicted molar refractivity (Wildman–Crippen MR) is 152 cm³/mol. The van der Waals surface area contributed by atoms with Gasteiger partial charge in [-0.05, 0) is 61.0 Å². The topological polar surface area (TPSA) is 127 Å². The molecule has 5 rings (SSSR count). The number of aromatic nitrogens is 3. The van der Waals surface area contributed by atoms with Crippen LogP contribution in [0.4, 0.5) is 17.1 Å². The molecule has 4 aromatic rings. The highest BCUT2D eigenvalue weighted by atomic mass is 32.2. The first kappa shape index (κ1) is 26.9. The summed E-state index contributed by atoms with van der Waals surface area (Å²) in [5.41, 5.74) is 2.94. The van der Waals surface area contributed by atoms with E-state index in [1.54, 1.807) is 41.6 Å². The molecule has 0 radical (unpaired) electrons. The normalized spacial score (nSPS) is 13.1. The number of carbonyl (C=O) groups excluding carboxylic acids is 2. The number of amides is 2. The lowest BCUT2D eigenvalue weighted by atomic mass is 10.0. The average Bonchev–Trinajstić information content (AvgIpc) is 3.35. The summed E-state index contributed by atoms with van der Waals surface area (Å²) in [6, 6.07) is 15.5. The lowest BCUT2D eigenvalue weighted by Crippen LogP contribution is -2.39. The largest absolute Gasteiger partial charge is 0.497 e. The molecule has 11 nitrogen and oxygen atoms in total. The highest BCUT2D eigenvalue weighted by Gasteiger charge is 2.36. The van der Waals surface area contributed by atoms with Crippen molar-refractivity contribution in [2.75, 3.05) is 49.1 Å². The quantitative estimate of drug-likeness (QED) is 0.365. The van der Waals surface area contributed by atoms with E-state index in [0.29, 0.717) is 22.7 Å². The lowest BCUT2D eigenvalue weighted by Gasteiger charge is -2.28. The summed E-state index contributed by atoms with van der Waals surface area (Å²) in [6.07, 6.45) is 4.42. The van der Waals surface area contributed by atoms with Crippen molar-refractivity contribution < 1.29 is 22.7 Å². The van der Waals surface area contributed by atoms with Gasteiger partial charge in [0.25, 0.3) is 11.8 Å². The molecule has 0 saturated carbocycles. The van der Waals surface area contributed by atoms with Crippen molar-refractivity contribution in [1.29, 1.82) is 0 Å². The van der Waals surface area contributed by atoms with E-state index in [1.807, 2.05) is 43.3 Å². The van der Waals surface area contributed by atoms with E-state index in [1.165, 1.54) is 17.9 Å². The van der Waals surface area contributed by atoms with Crippen molar-refractivity contribution in [2.24, 2.45) is 0 Å². The number of benzene rings is 2. The van der Waals surface area contributed by atoms with Crippen LogP contribution in [0.15, 0.2) is 72.0 Å². The number of hydrogen-bond donors (Lipinski definition) is 1. The van der Waals surface area contributed by atoms with Crippen molar-refractivity contribution in [1.82, 2.24) is 14.8 Å². The third-order valence-corrected chi connectivity index (χ3v) is 7.65. The van der Waals surface area contributed by atoms with Gasteiger partial charge in [-0.15, -0.1) is 0 Å². The van der Waals surface area contributed by atoms with E-state index in [4.69, 9.17) is 4.74 Å². The monoisotopic (exact) mass is 560 g/mol. The molecule has 1 aliphatic rings. The minimum absolute atomic E-state index is 0.0893. The molecule has 1 aliphatic heterocycles. The van der Waals surface area contributed by atoms with E-state index < -0.39 is 21.7 Å². The Morgan fingerprint density at radius 3 is 2.38 bits per heavy atom. The Bertz CT molecular complexity index is 1700.